The van der Waals surface area contributed by atoms with Crippen molar-refractivity contribution in [2.24, 2.45) is 0 Å². The molecule has 1 heterocycles. The third-order valence-corrected chi connectivity index (χ3v) is 4.42. The summed E-state index contributed by atoms with van der Waals surface area (Å²) in [5.41, 5.74) is 2.85. The number of cyclic esters (lactones) is 1. The summed E-state index contributed by atoms with van der Waals surface area (Å²) in [5.74, 6) is -0.140. The molecule has 1 aromatic rings. The number of ether oxygens (including phenoxy) is 1. The summed E-state index contributed by atoms with van der Waals surface area (Å²) < 4.78 is 5.29. The van der Waals surface area contributed by atoms with Gasteiger partial charge in [0.15, 0.2) is 0 Å². The molecule has 2 N–H and O–H groups in total. The smallest absolute Gasteiger partial charge is 0.414 e. The van der Waals surface area contributed by atoms with E-state index in [0.717, 1.165) is 42.5 Å². The van der Waals surface area contributed by atoms with Gasteiger partial charge >= 0.3 is 6.09 Å². The number of benzene rings is 1. The van der Waals surface area contributed by atoms with E-state index in [1.165, 1.54) is 6.92 Å². The lowest BCUT2D eigenvalue weighted by atomic mass is 10.00. The second-order valence-electron chi connectivity index (χ2n) is 6.20. The van der Waals surface area contributed by atoms with Crippen LogP contribution in [0.3, 0.4) is 0 Å². The summed E-state index contributed by atoms with van der Waals surface area (Å²) in [5, 5.41) is 12.8. The van der Waals surface area contributed by atoms with Crippen LogP contribution < -0.4 is 10.2 Å². The average molecular weight is 318 g/mol. The molecule has 2 aliphatic rings. The Morgan fingerprint density at radius 3 is 3.04 bits per heavy atom. The van der Waals surface area contributed by atoms with Crippen LogP contribution in [0.2, 0.25) is 0 Å². The van der Waals surface area contributed by atoms with E-state index in [1.54, 1.807) is 4.90 Å². The molecule has 2 amide bonds. The van der Waals surface area contributed by atoms with Gasteiger partial charge in [0.2, 0.25) is 5.91 Å². The summed E-state index contributed by atoms with van der Waals surface area (Å²) in [4.78, 5) is 24.6. The molecule has 2 atom stereocenters. The van der Waals surface area contributed by atoms with E-state index in [2.05, 4.69) is 5.32 Å². The number of amides is 2. The Hall–Kier alpha value is -2.08. The summed E-state index contributed by atoms with van der Waals surface area (Å²) >= 11 is 0. The first kappa shape index (κ1) is 15.8. The van der Waals surface area contributed by atoms with E-state index in [1.807, 2.05) is 18.2 Å². The number of anilines is 1. The normalized spacial score (nSPS) is 23.9. The highest BCUT2D eigenvalue weighted by Gasteiger charge is 2.32. The maximum absolute atomic E-state index is 12.1. The van der Waals surface area contributed by atoms with E-state index in [4.69, 9.17) is 4.74 Å². The number of carbonyl (C=O) groups is 2. The fourth-order valence-corrected chi connectivity index (χ4v) is 3.21. The number of nitrogens with zero attached hydrogens (tertiary/aromatic N) is 1. The van der Waals surface area contributed by atoms with Gasteiger partial charge in [-0.15, -0.1) is 0 Å². The van der Waals surface area contributed by atoms with Crippen molar-refractivity contribution in [1.29, 1.82) is 0 Å². The lowest BCUT2D eigenvalue weighted by molar-refractivity contribution is -0.119. The van der Waals surface area contributed by atoms with Crippen LogP contribution in [0.4, 0.5) is 10.5 Å². The second-order valence-corrected chi connectivity index (χ2v) is 6.20. The summed E-state index contributed by atoms with van der Waals surface area (Å²) in [6.45, 7) is 2.17. The summed E-state index contributed by atoms with van der Waals surface area (Å²) in [6.07, 6.45) is 2.61. The number of nitrogens with one attached hydrogen (secondary N) is 1. The largest absolute Gasteiger partial charge is 0.442 e. The molecule has 0 aromatic heterocycles. The molecule has 1 aliphatic carbocycles. The minimum Gasteiger partial charge on any atom is -0.442 e. The maximum Gasteiger partial charge on any atom is 0.414 e. The highest BCUT2D eigenvalue weighted by molar-refractivity contribution is 5.90. The first-order valence-corrected chi connectivity index (χ1v) is 8.08. The van der Waals surface area contributed by atoms with Crippen LogP contribution in [-0.2, 0) is 16.0 Å². The zero-order chi connectivity index (χ0) is 16.4. The number of aryl methyl sites for hydroxylation is 1. The first-order chi connectivity index (χ1) is 11.0. The zero-order valence-corrected chi connectivity index (χ0v) is 13.2. The van der Waals surface area contributed by atoms with Crippen LogP contribution in [0.25, 0.3) is 0 Å². The van der Waals surface area contributed by atoms with E-state index in [0.29, 0.717) is 13.1 Å². The van der Waals surface area contributed by atoms with E-state index in [-0.39, 0.29) is 12.0 Å². The van der Waals surface area contributed by atoms with Crippen LogP contribution >= 0.6 is 0 Å². The van der Waals surface area contributed by atoms with E-state index < -0.39 is 12.2 Å². The van der Waals surface area contributed by atoms with Crippen molar-refractivity contribution in [1.82, 2.24) is 5.32 Å². The van der Waals surface area contributed by atoms with Gasteiger partial charge in [-0.25, -0.2) is 4.79 Å². The molecular formula is C17H22N2O4. The Bertz CT molecular complexity index is 617. The van der Waals surface area contributed by atoms with Gasteiger partial charge in [0.05, 0.1) is 19.2 Å². The van der Waals surface area contributed by atoms with Crippen molar-refractivity contribution in [3.05, 3.63) is 29.3 Å². The number of aliphatic hydroxyl groups is 1. The molecule has 1 aromatic carbocycles. The summed E-state index contributed by atoms with van der Waals surface area (Å²) in [7, 11) is 0. The first-order valence-electron chi connectivity index (χ1n) is 8.08. The lowest BCUT2D eigenvalue weighted by Gasteiger charge is -2.17. The number of carbonyl (C=O) groups excluding carboxylic acids is 2. The zero-order valence-electron chi connectivity index (χ0n) is 13.2. The van der Waals surface area contributed by atoms with Crippen molar-refractivity contribution in [2.75, 3.05) is 18.0 Å². The molecule has 0 saturated carbocycles. The number of rotatable bonds is 3. The highest BCUT2D eigenvalue weighted by atomic mass is 16.6. The molecule has 0 bridgehead atoms. The van der Waals surface area contributed by atoms with Gasteiger partial charge in [-0.1, -0.05) is 12.5 Å². The van der Waals surface area contributed by atoms with E-state index >= 15 is 0 Å². The Balaban J connectivity index is 1.75. The lowest BCUT2D eigenvalue weighted by Crippen LogP contribution is -2.33. The third kappa shape index (κ3) is 3.47. The van der Waals surface area contributed by atoms with Gasteiger partial charge in [0, 0.05) is 12.6 Å². The Kier molecular flexibility index (Phi) is 4.52. The molecule has 6 nitrogen and oxygen atoms in total. The predicted molar refractivity (Wildman–Crippen MR) is 85.3 cm³/mol. The standard InChI is InChI=1S/C17H22N2O4/c1-11(20)18-9-14-10-19(17(22)23-14)13-6-7-15-12(8-13)4-2-3-5-16(15)21/h6-8,14,16,21H,2-5,9-10H2,1H3,(H,18,20)/t14-,16?/m0/s1. The maximum atomic E-state index is 12.1. The molecule has 0 radical (unpaired) electrons. The molecule has 1 aliphatic heterocycles. The quantitative estimate of drug-likeness (QED) is 0.835. The van der Waals surface area contributed by atoms with Gasteiger partial charge in [-0.2, -0.15) is 0 Å². The fraction of sp³-hybridized carbons (Fsp3) is 0.529. The van der Waals surface area contributed by atoms with Crippen LogP contribution in [0, 0.1) is 0 Å². The Labute approximate surface area is 135 Å². The van der Waals surface area contributed by atoms with Crippen LogP contribution in [0.5, 0.6) is 0 Å². The monoisotopic (exact) mass is 318 g/mol. The molecule has 124 valence electrons. The summed E-state index contributed by atoms with van der Waals surface area (Å²) in [6, 6.07) is 5.75. The van der Waals surface area contributed by atoms with Crippen LogP contribution in [0.15, 0.2) is 18.2 Å². The SMILES string of the molecule is CC(=O)NC[C@H]1CN(c2ccc3c(c2)CCCCC3O)C(=O)O1. The number of hydrogen-bond donors (Lipinski definition) is 2. The molecule has 6 heteroatoms. The number of hydrogen-bond acceptors (Lipinski definition) is 4. The Morgan fingerprint density at radius 1 is 1.43 bits per heavy atom. The minimum absolute atomic E-state index is 0.140. The van der Waals surface area contributed by atoms with Crippen molar-refractivity contribution in [3.8, 4) is 0 Å². The molecule has 23 heavy (non-hydrogen) atoms. The molecule has 1 fully saturated rings. The average Bonchev–Trinajstić information content (AvgIpc) is 2.79. The second kappa shape index (κ2) is 6.58. The number of fused-ring (bicyclic) bond motifs is 1. The molecule has 1 unspecified atom stereocenters. The molecule has 1 saturated heterocycles. The number of aliphatic hydroxyl groups excluding tert-OH is 1. The third-order valence-electron chi connectivity index (χ3n) is 4.42. The van der Waals surface area contributed by atoms with E-state index in [9.17, 15) is 14.7 Å². The van der Waals surface area contributed by atoms with Crippen LogP contribution in [-0.4, -0.2) is 36.3 Å². The Morgan fingerprint density at radius 2 is 2.26 bits per heavy atom. The van der Waals surface area contributed by atoms with Gasteiger partial charge in [-0.3, -0.25) is 9.69 Å². The van der Waals surface area contributed by atoms with Crippen molar-refractivity contribution in [3.63, 3.8) is 0 Å². The molecule has 0 spiro atoms. The molecule has 3 rings (SSSR count). The predicted octanol–water partition coefficient (Wildman–Crippen LogP) is 1.91. The molecular weight excluding hydrogens is 296 g/mol. The van der Waals surface area contributed by atoms with Gasteiger partial charge in [-0.05, 0) is 42.5 Å². The van der Waals surface area contributed by atoms with Crippen LogP contribution in [0.1, 0.15) is 43.4 Å². The van der Waals surface area contributed by atoms with Crippen molar-refractivity contribution >= 4 is 17.7 Å². The fourth-order valence-electron chi connectivity index (χ4n) is 3.21. The van der Waals surface area contributed by atoms with Gasteiger partial charge in [0.25, 0.3) is 0 Å². The highest BCUT2D eigenvalue weighted by Crippen LogP contribution is 2.32. The van der Waals surface area contributed by atoms with Crippen molar-refractivity contribution in [2.45, 2.75) is 44.8 Å². The van der Waals surface area contributed by atoms with Gasteiger partial charge in [0.1, 0.15) is 6.10 Å². The topological polar surface area (TPSA) is 78.9 Å². The van der Waals surface area contributed by atoms with Crippen molar-refractivity contribution < 1.29 is 19.4 Å². The minimum atomic E-state index is -0.417. The van der Waals surface area contributed by atoms with Gasteiger partial charge < -0.3 is 15.2 Å².